The Kier molecular flexibility index (Phi) is 23.9. The van der Waals surface area contributed by atoms with Crippen LogP contribution in [0.4, 0.5) is 0 Å². The van der Waals surface area contributed by atoms with E-state index in [0.717, 1.165) is 0 Å². The molecule has 6 heteroatoms. The summed E-state index contributed by atoms with van der Waals surface area (Å²) in [5.74, 6) is 2.83. The van der Waals surface area contributed by atoms with Gasteiger partial charge in [0.15, 0.2) is 0 Å². The molecule has 0 spiro atoms. The first-order chi connectivity index (χ1) is 5.46. The van der Waals surface area contributed by atoms with Gasteiger partial charge in [-0.05, 0) is 0 Å². The number of rotatable bonds is 0. The average Bonchev–Trinajstić information content (AvgIpc) is 1.50. The van der Waals surface area contributed by atoms with Crippen molar-refractivity contribution in [2.45, 2.75) is 41.5 Å². The maximum atomic E-state index is 8.88. The van der Waals surface area contributed by atoms with Crippen LogP contribution in [0.2, 0.25) is 0 Å². The fourth-order valence-corrected chi connectivity index (χ4v) is 0. The van der Waals surface area contributed by atoms with E-state index in [0.29, 0.717) is 0 Å². The van der Waals surface area contributed by atoms with E-state index in [4.69, 9.17) is 19.2 Å². The predicted octanol–water partition coefficient (Wildman–Crippen LogP) is 2.31. The van der Waals surface area contributed by atoms with Crippen molar-refractivity contribution in [3.05, 3.63) is 11.8 Å². The number of hydrogen-bond acceptors (Lipinski definition) is 1. The van der Waals surface area contributed by atoms with Crippen molar-refractivity contribution in [3.8, 4) is 0 Å². The predicted molar refractivity (Wildman–Crippen MR) is 54.8 cm³/mol. The molecular formula is C8H21AgO4P-2. The molecule has 0 bridgehead atoms. The van der Waals surface area contributed by atoms with E-state index < -0.39 is 7.82 Å². The van der Waals surface area contributed by atoms with Gasteiger partial charge >= 0.3 is 7.82 Å². The smallest absolute Gasteiger partial charge is 0.323 e. The van der Waals surface area contributed by atoms with Gasteiger partial charge in [-0.2, -0.15) is 41.5 Å². The van der Waals surface area contributed by atoms with Gasteiger partial charge in [-0.15, -0.1) is 0 Å². The van der Waals surface area contributed by atoms with Crippen molar-refractivity contribution in [1.29, 1.82) is 0 Å². The fraction of sp³-hybridized carbons (Fsp3) is 0.750. The molecule has 0 atom stereocenters. The van der Waals surface area contributed by atoms with Gasteiger partial charge in [0, 0.05) is 22.4 Å². The van der Waals surface area contributed by atoms with Gasteiger partial charge in [-0.3, -0.25) is 0 Å². The first-order valence-corrected chi connectivity index (χ1v) is 5.35. The maximum Gasteiger partial charge on any atom is 0.466 e. The Hall–Kier alpha value is 0.850. The summed E-state index contributed by atoms with van der Waals surface area (Å²) >= 11 is 0. The summed E-state index contributed by atoms with van der Waals surface area (Å²) in [5, 5.41) is 0. The standard InChI is InChI=1S/2C4H9.Ag.H3O4P/c2*1-4(2)3;;1-5(2,3)4/h2*1-3H3;;(H3,1,2,3,4)/q2*-1;;. The summed E-state index contributed by atoms with van der Waals surface area (Å²) in [6, 6.07) is 0. The molecule has 0 unspecified atom stereocenters. The van der Waals surface area contributed by atoms with Crippen LogP contribution >= 0.6 is 7.82 Å². The van der Waals surface area contributed by atoms with E-state index in [1.165, 1.54) is 11.8 Å². The van der Waals surface area contributed by atoms with Crippen molar-refractivity contribution in [1.82, 2.24) is 0 Å². The molecule has 0 amide bonds. The largest absolute Gasteiger partial charge is 0.466 e. The Balaban J connectivity index is -0.0000000522. The molecule has 0 aromatic heterocycles. The van der Waals surface area contributed by atoms with Gasteiger partial charge in [0.05, 0.1) is 0 Å². The third kappa shape index (κ3) is 2500. The van der Waals surface area contributed by atoms with Crippen LogP contribution in [0.3, 0.4) is 0 Å². The van der Waals surface area contributed by atoms with Crippen molar-refractivity contribution in [2.24, 2.45) is 0 Å². The minimum absolute atomic E-state index is 0. The van der Waals surface area contributed by atoms with Crippen molar-refractivity contribution in [2.75, 3.05) is 0 Å². The van der Waals surface area contributed by atoms with Gasteiger partial charge in [0.25, 0.3) is 0 Å². The second-order valence-corrected chi connectivity index (χ2v) is 4.54. The molecule has 1 radical (unpaired) electrons. The molecule has 0 aliphatic heterocycles. The SMILES string of the molecule is C[C-](C)C.C[C-](C)C.O=P(O)(O)O.[Ag]. The number of hydrogen-bond donors (Lipinski definition) is 3. The minimum Gasteiger partial charge on any atom is -0.323 e. The van der Waals surface area contributed by atoms with E-state index in [1.54, 1.807) is 0 Å². The molecular weight excluding hydrogens is 299 g/mol. The van der Waals surface area contributed by atoms with Crippen molar-refractivity contribution < 1.29 is 41.6 Å². The first kappa shape index (κ1) is 24.2. The molecule has 0 saturated heterocycles. The molecule has 0 fully saturated rings. The first-order valence-electron chi connectivity index (χ1n) is 3.78. The Morgan fingerprint density at radius 2 is 0.786 bits per heavy atom. The van der Waals surface area contributed by atoms with E-state index in [-0.39, 0.29) is 22.4 Å². The summed E-state index contributed by atoms with van der Waals surface area (Å²) in [6.45, 7) is 12.5. The molecule has 0 heterocycles. The molecule has 0 aliphatic carbocycles. The van der Waals surface area contributed by atoms with E-state index in [1.807, 2.05) is 0 Å². The molecule has 14 heavy (non-hydrogen) atoms. The summed E-state index contributed by atoms with van der Waals surface area (Å²) in [7, 11) is -4.64. The summed E-state index contributed by atoms with van der Waals surface area (Å²) in [5.41, 5.74) is 0. The Morgan fingerprint density at radius 3 is 0.786 bits per heavy atom. The second kappa shape index (κ2) is 13.9. The van der Waals surface area contributed by atoms with E-state index >= 15 is 0 Å². The van der Waals surface area contributed by atoms with Crippen LogP contribution in [0, 0.1) is 11.8 Å². The second-order valence-electron chi connectivity index (χ2n) is 3.51. The Morgan fingerprint density at radius 1 is 0.786 bits per heavy atom. The molecule has 0 saturated carbocycles. The van der Waals surface area contributed by atoms with Gasteiger partial charge in [-0.1, -0.05) is 0 Å². The Labute approximate surface area is 103 Å². The van der Waals surface area contributed by atoms with Crippen molar-refractivity contribution in [3.63, 3.8) is 0 Å². The summed E-state index contributed by atoms with van der Waals surface area (Å²) < 4.78 is 8.88. The average molecular weight is 320 g/mol. The third-order valence-electron chi connectivity index (χ3n) is 0. The Bertz CT molecular complexity index is 114. The van der Waals surface area contributed by atoms with Crippen LogP contribution in [0.1, 0.15) is 41.5 Å². The molecule has 0 aromatic carbocycles. The molecule has 0 aromatic rings. The van der Waals surface area contributed by atoms with E-state index in [2.05, 4.69) is 41.5 Å². The minimum atomic E-state index is -4.64. The number of phosphoric acid groups is 1. The molecule has 0 rings (SSSR count). The summed E-state index contributed by atoms with van der Waals surface area (Å²) in [6.07, 6.45) is 0. The fourth-order valence-electron chi connectivity index (χ4n) is 0. The van der Waals surface area contributed by atoms with Gasteiger partial charge in [-0.25, -0.2) is 4.57 Å². The van der Waals surface area contributed by atoms with Crippen LogP contribution in [0.15, 0.2) is 0 Å². The molecule has 4 nitrogen and oxygen atoms in total. The molecule has 0 aliphatic rings. The van der Waals surface area contributed by atoms with Crippen LogP contribution in [-0.2, 0) is 26.9 Å². The zero-order chi connectivity index (χ0) is 11.7. The van der Waals surface area contributed by atoms with Gasteiger partial charge in [0.2, 0.25) is 0 Å². The van der Waals surface area contributed by atoms with Gasteiger partial charge < -0.3 is 26.5 Å². The van der Waals surface area contributed by atoms with Crippen molar-refractivity contribution >= 4 is 7.82 Å². The zero-order valence-corrected chi connectivity index (χ0v) is 11.9. The van der Waals surface area contributed by atoms with Crippen LogP contribution < -0.4 is 0 Å². The van der Waals surface area contributed by atoms with E-state index in [9.17, 15) is 0 Å². The van der Waals surface area contributed by atoms with Crippen LogP contribution in [0.25, 0.3) is 0 Å². The monoisotopic (exact) mass is 319 g/mol. The topological polar surface area (TPSA) is 77.8 Å². The van der Waals surface area contributed by atoms with Crippen LogP contribution in [-0.4, -0.2) is 14.7 Å². The maximum absolute atomic E-state index is 8.88. The molecule has 3 N–H and O–H groups in total. The third-order valence-corrected chi connectivity index (χ3v) is 0. The normalized spacial score (nSPS) is 9.36. The summed E-state index contributed by atoms with van der Waals surface area (Å²) in [4.78, 5) is 21.6. The molecule has 95 valence electrons. The zero-order valence-electron chi connectivity index (χ0n) is 9.50. The van der Waals surface area contributed by atoms with Crippen LogP contribution in [0.5, 0.6) is 0 Å². The van der Waals surface area contributed by atoms with Gasteiger partial charge in [0.1, 0.15) is 0 Å². The quantitative estimate of drug-likeness (QED) is 0.364.